The Morgan fingerprint density at radius 3 is 2.89 bits per heavy atom. The van der Waals surface area contributed by atoms with E-state index in [-0.39, 0.29) is 0 Å². The van der Waals surface area contributed by atoms with Gasteiger partial charge < -0.3 is 10.1 Å². The van der Waals surface area contributed by atoms with Crippen molar-refractivity contribution in [2.24, 2.45) is 5.92 Å². The van der Waals surface area contributed by atoms with Crippen LogP contribution < -0.4 is 10.1 Å². The predicted octanol–water partition coefficient (Wildman–Crippen LogP) is 3.27. The Labute approximate surface area is 114 Å². The van der Waals surface area contributed by atoms with E-state index in [1.165, 1.54) is 16.9 Å². The van der Waals surface area contributed by atoms with Crippen molar-refractivity contribution in [2.45, 2.75) is 26.3 Å². The summed E-state index contributed by atoms with van der Waals surface area (Å²) in [6, 6.07) is 7.06. The second-order valence-electron chi connectivity index (χ2n) is 5.24. The van der Waals surface area contributed by atoms with Crippen molar-refractivity contribution in [1.29, 1.82) is 0 Å². The SMILES string of the molecule is CNC(CSCC(C)C)c1ccc2c(c1)CCO2. The molecule has 2 nitrogen and oxygen atoms in total. The van der Waals surface area contributed by atoms with Gasteiger partial charge in [-0.05, 0) is 35.9 Å². The first-order chi connectivity index (χ1) is 8.70. The number of hydrogen-bond donors (Lipinski definition) is 1. The van der Waals surface area contributed by atoms with Crippen LogP contribution in [0.15, 0.2) is 18.2 Å². The molecule has 1 N–H and O–H groups in total. The Hall–Kier alpha value is -0.670. The highest BCUT2D eigenvalue weighted by Gasteiger charge is 2.16. The van der Waals surface area contributed by atoms with Crippen molar-refractivity contribution in [3.8, 4) is 5.75 Å². The molecule has 1 atom stereocenters. The quantitative estimate of drug-likeness (QED) is 0.853. The third kappa shape index (κ3) is 3.42. The number of nitrogens with one attached hydrogen (secondary N) is 1. The zero-order valence-electron chi connectivity index (χ0n) is 11.5. The molecule has 1 aliphatic heterocycles. The third-order valence-electron chi connectivity index (χ3n) is 3.20. The Kier molecular flexibility index (Phi) is 4.95. The maximum absolute atomic E-state index is 5.55. The molecule has 0 amide bonds. The van der Waals surface area contributed by atoms with Crippen LogP contribution in [0, 0.1) is 5.92 Å². The molecule has 0 saturated carbocycles. The van der Waals surface area contributed by atoms with Crippen molar-refractivity contribution >= 4 is 11.8 Å². The van der Waals surface area contributed by atoms with Gasteiger partial charge in [0, 0.05) is 18.2 Å². The zero-order valence-corrected chi connectivity index (χ0v) is 12.3. The summed E-state index contributed by atoms with van der Waals surface area (Å²) >= 11 is 2.03. The van der Waals surface area contributed by atoms with Crippen LogP contribution in [-0.2, 0) is 6.42 Å². The average molecular weight is 265 g/mol. The van der Waals surface area contributed by atoms with Crippen LogP contribution in [-0.4, -0.2) is 25.2 Å². The highest BCUT2D eigenvalue weighted by molar-refractivity contribution is 7.99. The summed E-state index contributed by atoms with van der Waals surface area (Å²) in [5.41, 5.74) is 2.75. The number of hydrogen-bond acceptors (Lipinski definition) is 3. The van der Waals surface area contributed by atoms with Gasteiger partial charge in [-0.2, -0.15) is 11.8 Å². The molecule has 0 fully saturated rings. The summed E-state index contributed by atoms with van der Waals surface area (Å²) in [5.74, 6) is 4.20. The van der Waals surface area contributed by atoms with Gasteiger partial charge in [-0.25, -0.2) is 0 Å². The van der Waals surface area contributed by atoms with Gasteiger partial charge in [0.2, 0.25) is 0 Å². The second-order valence-corrected chi connectivity index (χ2v) is 6.31. The Bertz CT molecular complexity index is 392. The van der Waals surface area contributed by atoms with Crippen LogP contribution in [0.1, 0.15) is 31.0 Å². The molecular weight excluding hydrogens is 242 g/mol. The van der Waals surface area contributed by atoms with Gasteiger partial charge in [0.25, 0.3) is 0 Å². The number of thioether (sulfide) groups is 1. The molecule has 1 heterocycles. The Morgan fingerprint density at radius 1 is 1.33 bits per heavy atom. The molecular formula is C15H23NOS. The summed E-state index contributed by atoms with van der Waals surface area (Å²) in [4.78, 5) is 0. The molecule has 0 radical (unpaired) electrons. The molecule has 3 heteroatoms. The van der Waals surface area contributed by atoms with E-state index in [0.29, 0.717) is 6.04 Å². The number of fused-ring (bicyclic) bond motifs is 1. The van der Waals surface area contributed by atoms with E-state index in [0.717, 1.165) is 30.4 Å². The van der Waals surface area contributed by atoms with Gasteiger partial charge >= 0.3 is 0 Å². The van der Waals surface area contributed by atoms with Gasteiger partial charge in [0.15, 0.2) is 0 Å². The van der Waals surface area contributed by atoms with Gasteiger partial charge in [-0.1, -0.05) is 26.0 Å². The summed E-state index contributed by atoms with van der Waals surface area (Å²) < 4.78 is 5.55. The topological polar surface area (TPSA) is 21.3 Å². The fraction of sp³-hybridized carbons (Fsp3) is 0.600. The molecule has 18 heavy (non-hydrogen) atoms. The van der Waals surface area contributed by atoms with E-state index in [2.05, 4.69) is 37.4 Å². The standard InChI is InChI=1S/C15H23NOS/c1-11(2)9-18-10-14(16-3)12-4-5-15-13(8-12)6-7-17-15/h4-5,8,11,14,16H,6-7,9-10H2,1-3H3. The van der Waals surface area contributed by atoms with E-state index in [1.54, 1.807) is 0 Å². The van der Waals surface area contributed by atoms with Crippen LogP contribution in [0.5, 0.6) is 5.75 Å². The highest BCUT2D eigenvalue weighted by Crippen LogP contribution is 2.29. The Balaban J connectivity index is 1.99. The Morgan fingerprint density at radius 2 is 2.17 bits per heavy atom. The van der Waals surface area contributed by atoms with Crippen LogP contribution in [0.3, 0.4) is 0 Å². The minimum Gasteiger partial charge on any atom is -0.493 e. The molecule has 0 aliphatic carbocycles. The van der Waals surface area contributed by atoms with Crippen molar-refractivity contribution < 1.29 is 4.74 Å². The van der Waals surface area contributed by atoms with Crippen LogP contribution >= 0.6 is 11.8 Å². The van der Waals surface area contributed by atoms with Crippen molar-refractivity contribution in [3.63, 3.8) is 0 Å². The molecule has 0 spiro atoms. The van der Waals surface area contributed by atoms with Gasteiger partial charge in [-0.3, -0.25) is 0 Å². The largest absolute Gasteiger partial charge is 0.493 e. The molecule has 0 saturated heterocycles. The normalized spacial score (nSPS) is 15.6. The summed E-state index contributed by atoms with van der Waals surface area (Å²) in [7, 11) is 2.05. The molecule has 100 valence electrons. The van der Waals surface area contributed by atoms with Crippen LogP contribution in [0.4, 0.5) is 0 Å². The molecule has 0 bridgehead atoms. The van der Waals surface area contributed by atoms with E-state index in [1.807, 2.05) is 18.8 Å². The first-order valence-electron chi connectivity index (χ1n) is 6.71. The van der Waals surface area contributed by atoms with Crippen molar-refractivity contribution in [2.75, 3.05) is 25.2 Å². The summed E-state index contributed by atoms with van der Waals surface area (Å²) in [5, 5.41) is 3.42. The lowest BCUT2D eigenvalue weighted by Gasteiger charge is -2.17. The van der Waals surface area contributed by atoms with Crippen molar-refractivity contribution in [1.82, 2.24) is 5.32 Å². The van der Waals surface area contributed by atoms with E-state index < -0.39 is 0 Å². The maximum atomic E-state index is 5.55. The van der Waals surface area contributed by atoms with E-state index in [4.69, 9.17) is 4.74 Å². The smallest absolute Gasteiger partial charge is 0.122 e. The number of rotatable bonds is 6. The van der Waals surface area contributed by atoms with Crippen LogP contribution in [0.2, 0.25) is 0 Å². The lowest BCUT2D eigenvalue weighted by Crippen LogP contribution is -2.19. The maximum Gasteiger partial charge on any atom is 0.122 e. The molecule has 2 rings (SSSR count). The lowest BCUT2D eigenvalue weighted by molar-refractivity contribution is 0.357. The molecule has 1 aromatic carbocycles. The van der Waals surface area contributed by atoms with Gasteiger partial charge in [-0.15, -0.1) is 0 Å². The monoisotopic (exact) mass is 265 g/mol. The first-order valence-corrected chi connectivity index (χ1v) is 7.86. The predicted molar refractivity (Wildman–Crippen MR) is 79.6 cm³/mol. The zero-order chi connectivity index (χ0) is 13.0. The third-order valence-corrected chi connectivity index (χ3v) is 4.67. The van der Waals surface area contributed by atoms with Gasteiger partial charge in [0.1, 0.15) is 5.75 Å². The fourth-order valence-corrected chi connectivity index (χ4v) is 3.39. The van der Waals surface area contributed by atoms with Gasteiger partial charge in [0.05, 0.1) is 6.61 Å². The van der Waals surface area contributed by atoms with E-state index in [9.17, 15) is 0 Å². The van der Waals surface area contributed by atoms with E-state index >= 15 is 0 Å². The number of ether oxygens (including phenoxy) is 1. The highest BCUT2D eigenvalue weighted by atomic mass is 32.2. The molecule has 1 aromatic rings. The fourth-order valence-electron chi connectivity index (χ4n) is 2.19. The van der Waals surface area contributed by atoms with Crippen LogP contribution in [0.25, 0.3) is 0 Å². The molecule has 1 unspecified atom stereocenters. The second kappa shape index (κ2) is 6.48. The minimum atomic E-state index is 0.444. The molecule has 1 aliphatic rings. The summed E-state index contributed by atoms with van der Waals surface area (Å²) in [6.45, 7) is 5.38. The van der Waals surface area contributed by atoms with Crippen molar-refractivity contribution in [3.05, 3.63) is 29.3 Å². The lowest BCUT2D eigenvalue weighted by atomic mass is 10.0. The summed E-state index contributed by atoms with van der Waals surface area (Å²) in [6.07, 6.45) is 1.05. The first kappa shape index (κ1) is 13.8. The molecule has 0 aromatic heterocycles. The number of benzene rings is 1. The average Bonchev–Trinajstić information content (AvgIpc) is 2.81. The minimum absolute atomic E-state index is 0.444.